The molecule has 2 aromatic rings. The van der Waals surface area contributed by atoms with E-state index in [-0.39, 0.29) is 11.1 Å². The van der Waals surface area contributed by atoms with Crippen LogP contribution in [-0.4, -0.2) is 21.7 Å². The van der Waals surface area contributed by atoms with Crippen LogP contribution in [0.2, 0.25) is 0 Å². The molecule has 0 saturated heterocycles. The maximum Gasteiger partial charge on any atom is 0.310 e. The first kappa shape index (κ1) is 9.82. The number of fused-ring (bicyclic) bond motifs is 1. The first-order valence-electron chi connectivity index (χ1n) is 4.24. The number of halogens is 1. The number of aromatic nitrogens is 1. The summed E-state index contributed by atoms with van der Waals surface area (Å²) in [4.78, 5) is 3.45. The lowest BCUT2D eigenvalue weighted by Gasteiger charge is -2.09. The normalized spacial score (nSPS) is 10.9. The zero-order valence-electron chi connectivity index (χ0n) is 7.59. The summed E-state index contributed by atoms with van der Waals surface area (Å²) in [5.41, 5.74) is 0. The van der Waals surface area contributed by atoms with E-state index in [0.717, 1.165) is 6.20 Å². The van der Waals surface area contributed by atoms with Crippen molar-refractivity contribution in [1.29, 1.82) is 0 Å². The predicted octanol–water partition coefficient (Wildman–Crippen LogP) is 1.02. The number of hydrogen-bond donors (Lipinski definition) is 2. The van der Waals surface area contributed by atoms with Gasteiger partial charge in [0, 0.05) is 10.8 Å². The molecule has 0 aliphatic carbocycles. The van der Waals surface area contributed by atoms with Crippen LogP contribution in [0.4, 0.5) is 4.39 Å². The number of hydrogen-bond acceptors (Lipinski definition) is 4. The van der Waals surface area contributed by atoms with Crippen molar-refractivity contribution >= 4 is 10.8 Å². The van der Waals surface area contributed by atoms with Crippen molar-refractivity contribution in [2.75, 3.05) is 0 Å². The van der Waals surface area contributed by atoms with Crippen LogP contribution >= 0.6 is 0 Å². The Morgan fingerprint density at radius 1 is 1.20 bits per heavy atom. The average molecular weight is 209 g/mol. The van der Waals surface area contributed by atoms with Crippen molar-refractivity contribution in [3.05, 3.63) is 36.4 Å². The van der Waals surface area contributed by atoms with Gasteiger partial charge in [-0.3, -0.25) is 0 Å². The molecule has 78 valence electrons. The lowest BCUT2D eigenvalue weighted by atomic mass is 10.1. The molecule has 0 unspecified atom stereocenters. The molecule has 1 heterocycles. The minimum Gasteiger partial charge on any atom is -0.439 e. The van der Waals surface area contributed by atoms with E-state index < -0.39 is 12.4 Å². The van der Waals surface area contributed by atoms with Gasteiger partial charge in [-0.1, -0.05) is 18.2 Å². The fourth-order valence-corrected chi connectivity index (χ4v) is 1.34. The number of ether oxygens (including phenoxy) is 1. The molecule has 15 heavy (non-hydrogen) atoms. The molecule has 0 saturated carbocycles. The van der Waals surface area contributed by atoms with E-state index in [1.54, 1.807) is 18.2 Å². The Balaban J connectivity index is 2.61. The van der Waals surface area contributed by atoms with Crippen LogP contribution in [0.5, 0.6) is 5.75 Å². The van der Waals surface area contributed by atoms with E-state index >= 15 is 0 Å². The zero-order chi connectivity index (χ0) is 10.8. The second kappa shape index (κ2) is 3.80. The Labute approximate surface area is 84.6 Å². The maximum absolute atomic E-state index is 13.2. The van der Waals surface area contributed by atoms with Gasteiger partial charge < -0.3 is 14.9 Å². The van der Waals surface area contributed by atoms with Gasteiger partial charge in [0.25, 0.3) is 0 Å². The van der Waals surface area contributed by atoms with Crippen LogP contribution in [0.15, 0.2) is 30.5 Å². The highest BCUT2D eigenvalue weighted by Gasteiger charge is 2.09. The molecular formula is C10H8FNO3. The Hall–Kier alpha value is -1.72. The second-order valence-electron chi connectivity index (χ2n) is 2.90. The van der Waals surface area contributed by atoms with Crippen molar-refractivity contribution in [2.45, 2.75) is 6.48 Å². The van der Waals surface area contributed by atoms with Crippen molar-refractivity contribution < 1.29 is 19.3 Å². The van der Waals surface area contributed by atoms with Crippen LogP contribution in [0, 0.1) is 5.95 Å². The molecule has 0 radical (unpaired) electrons. The fourth-order valence-electron chi connectivity index (χ4n) is 1.34. The molecule has 0 amide bonds. The average Bonchev–Trinajstić information content (AvgIpc) is 2.22. The number of aliphatic hydroxyl groups excluding tert-OH is 1. The maximum atomic E-state index is 13.2. The SMILES string of the molecule is OC(O)Oc1cnc(F)c2ccccc12. The highest BCUT2D eigenvalue weighted by Crippen LogP contribution is 2.26. The van der Waals surface area contributed by atoms with Crippen molar-refractivity contribution in [3.63, 3.8) is 0 Å². The molecule has 0 aliphatic rings. The second-order valence-corrected chi connectivity index (χ2v) is 2.90. The van der Waals surface area contributed by atoms with Gasteiger partial charge in [-0.25, -0.2) is 4.98 Å². The number of nitrogens with zero attached hydrogens (tertiary/aromatic N) is 1. The Kier molecular flexibility index (Phi) is 2.49. The standard InChI is InChI=1S/C10H8FNO3/c11-9-7-4-2-1-3-6(7)8(5-12-9)15-10(13)14/h1-5,10,13-14H. The Bertz CT molecular complexity index is 487. The van der Waals surface area contributed by atoms with Gasteiger partial charge >= 0.3 is 6.48 Å². The monoisotopic (exact) mass is 209 g/mol. The largest absolute Gasteiger partial charge is 0.439 e. The molecule has 1 aromatic carbocycles. The topological polar surface area (TPSA) is 62.6 Å². The third-order valence-corrected chi connectivity index (χ3v) is 1.94. The summed E-state index contributed by atoms with van der Waals surface area (Å²) in [6.45, 7) is -1.94. The van der Waals surface area contributed by atoms with Crippen LogP contribution < -0.4 is 4.74 Å². The van der Waals surface area contributed by atoms with E-state index in [2.05, 4.69) is 9.72 Å². The molecule has 0 bridgehead atoms. The van der Waals surface area contributed by atoms with Crippen LogP contribution in [0.3, 0.4) is 0 Å². The quantitative estimate of drug-likeness (QED) is 0.572. The summed E-state index contributed by atoms with van der Waals surface area (Å²) >= 11 is 0. The van der Waals surface area contributed by atoms with Crippen LogP contribution in [0.25, 0.3) is 10.8 Å². The van der Waals surface area contributed by atoms with E-state index in [1.807, 2.05) is 0 Å². The number of pyridine rings is 1. The Morgan fingerprint density at radius 2 is 1.87 bits per heavy atom. The van der Waals surface area contributed by atoms with Crippen molar-refractivity contribution in [3.8, 4) is 5.75 Å². The first-order valence-corrected chi connectivity index (χ1v) is 4.24. The molecule has 0 fully saturated rings. The van der Waals surface area contributed by atoms with Gasteiger partial charge in [0.2, 0.25) is 5.95 Å². The summed E-state index contributed by atoms with van der Waals surface area (Å²) in [5.74, 6) is -0.493. The van der Waals surface area contributed by atoms with Crippen LogP contribution in [-0.2, 0) is 0 Å². The zero-order valence-corrected chi connectivity index (χ0v) is 7.59. The molecule has 5 heteroatoms. The molecule has 0 atom stereocenters. The van der Waals surface area contributed by atoms with Crippen LogP contribution in [0.1, 0.15) is 0 Å². The first-order chi connectivity index (χ1) is 7.18. The minimum atomic E-state index is -1.94. The van der Waals surface area contributed by atoms with Gasteiger partial charge in [0.05, 0.1) is 6.20 Å². The molecular weight excluding hydrogens is 201 g/mol. The third-order valence-electron chi connectivity index (χ3n) is 1.94. The van der Waals surface area contributed by atoms with Gasteiger partial charge in [0.15, 0.2) is 5.75 Å². The molecule has 4 nitrogen and oxygen atoms in total. The fraction of sp³-hybridized carbons (Fsp3) is 0.100. The Morgan fingerprint density at radius 3 is 2.53 bits per heavy atom. The summed E-state index contributed by atoms with van der Waals surface area (Å²) in [5, 5.41) is 18.0. The summed E-state index contributed by atoms with van der Waals surface area (Å²) < 4.78 is 17.9. The summed E-state index contributed by atoms with van der Waals surface area (Å²) in [6.07, 6.45) is 1.11. The van der Waals surface area contributed by atoms with Gasteiger partial charge in [-0.05, 0) is 6.07 Å². The van der Waals surface area contributed by atoms with Gasteiger partial charge in [-0.2, -0.15) is 4.39 Å². The van der Waals surface area contributed by atoms with E-state index in [9.17, 15) is 4.39 Å². The number of rotatable bonds is 2. The van der Waals surface area contributed by atoms with E-state index in [4.69, 9.17) is 10.2 Å². The predicted molar refractivity (Wildman–Crippen MR) is 50.6 cm³/mol. The molecule has 1 aromatic heterocycles. The summed E-state index contributed by atoms with van der Waals surface area (Å²) in [6, 6.07) is 6.50. The molecule has 0 spiro atoms. The van der Waals surface area contributed by atoms with Gasteiger partial charge in [-0.15, -0.1) is 0 Å². The number of aliphatic hydroxyl groups is 2. The molecule has 0 aliphatic heterocycles. The lowest BCUT2D eigenvalue weighted by Crippen LogP contribution is -2.14. The molecule has 2 rings (SSSR count). The molecule has 2 N–H and O–H groups in total. The van der Waals surface area contributed by atoms with E-state index in [0.29, 0.717) is 5.39 Å². The highest BCUT2D eigenvalue weighted by molar-refractivity contribution is 5.87. The van der Waals surface area contributed by atoms with E-state index in [1.165, 1.54) is 6.07 Å². The highest BCUT2D eigenvalue weighted by atomic mass is 19.1. The van der Waals surface area contributed by atoms with Crippen molar-refractivity contribution in [1.82, 2.24) is 4.98 Å². The smallest absolute Gasteiger partial charge is 0.310 e. The third kappa shape index (κ3) is 1.88. The lowest BCUT2D eigenvalue weighted by molar-refractivity contribution is -0.179. The summed E-state index contributed by atoms with van der Waals surface area (Å²) in [7, 11) is 0. The van der Waals surface area contributed by atoms with Gasteiger partial charge in [0.1, 0.15) is 0 Å². The number of benzene rings is 1. The van der Waals surface area contributed by atoms with Crippen molar-refractivity contribution in [2.24, 2.45) is 0 Å². The minimum absolute atomic E-state index is 0.127.